The van der Waals surface area contributed by atoms with Gasteiger partial charge < -0.3 is 10.2 Å². The first-order valence-electron chi connectivity index (χ1n) is 5.93. The molecule has 3 nitrogen and oxygen atoms in total. The number of likely N-dealkylation sites (tertiary alicyclic amines) is 1. The summed E-state index contributed by atoms with van der Waals surface area (Å²) in [5.41, 5.74) is 0.714. The van der Waals surface area contributed by atoms with Crippen LogP contribution in [0.25, 0.3) is 0 Å². The second kappa shape index (κ2) is 6.98. The number of benzene rings is 1. The van der Waals surface area contributed by atoms with Crippen LogP contribution in [0.5, 0.6) is 0 Å². The summed E-state index contributed by atoms with van der Waals surface area (Å²) in [6.07, 6.45) is 2.20. The number of nitrogens with zero attached hydrogens (tertiary/aromatic N) is 1. The van der Waals surface area contributed by atoms with E-state index in [1.54, 1.807) is 24.3 Å². The Bertz CT molecular complexity index is 394. The molecule has 18 heavy (non-hydrogen) atoms. The van der Waals surface area contributed by atoms with Crippen LogP contribution in [0.3, 0.4) is 0 Å². The minimum absolute atomic E-state index is 0. The Balaban J connectivity index is 0.00000162. The molecule has 1 aliphatic rings. The third-order valence-corrected chi connectivity index (χ3v) is 3.46. The monoisotopic (exact) mass is 288 g/mol. The summed E-state index contributed by atoms with van der Waals surface area (Å²) in [6.45, 7) is 1.64. The lowest BCUT2D eigenvalue weighted by Gasteiger charge is -2.32. The van der Waals surface area contributed by atoms with Gasteiger partial charge in [-0.15, -0.1) is 12.4 Å². The van der Waals surface area contributed by atoms with Crippen LogP contribution in [0.1, 0.15) is 23.2 Å². The van der Waals surface area contributed by atoms with Gasteiger partial charge in [-0.2, -0.15) is 0 Å². The predicted molar refractivity (Wildman–Crippen MR) is 76.7 cm³/mol. The van der Waals surface area contributed by atoms with Crippen molar-refractivity contribution >= 4 is 29.9 Å². The van der Waals surface area contributed by atoms with E-state index in [2.05, 4.69) is 5.32 Å². The first-order valence-corrected chi connectivity index (χ1v) is 6.30. The van der Waals surface area contributed by atoms with Crippen LogP contribution in [0, 0.1) is 0 Å². The molecule has 0 aliphatic carbocycles. The Morgan fingerprint density at radius 2 is 2.06 bits per heavy atom. The van der Waals surface area contributed by atoms with Gasteiger partial charge >= 0.3 is 0 Å². The van der Waals surface area contributed by atoms with E-state index < -0.39 is 0 Å². The van der Waals surface area contributed by atoms with E-state index in [1.807, 2.05) is 11.9 Å². The Labute approximate surface area is 119 Å². The van der Waals surface area contributed by atoms with E-state index in [0.717, 1.165) is 25.9 Å². The van der Waals surface area contributed by atoms with Crippen LogP contribution in [-0.4, -0.2) is 37.0 Å². The lowest BCUT2D eigenvalue weighted by atomic mass is 10.0. The number of hydrogen-bond donors (Lipinski definition) is 1. The van der Waals surface area contributed by atoms with Gasteiger partial charge in [0, 0.05) is 29.7 Å². The van der Waals surface area contributed by atoms with Crippen molar-refractivity contribution in [2.75, 3.05) is 20.1 Å². The Morgan fingerprint density at radius 3 is 2.67 bits per heavy atom. The molecule has 1 amide bonds. The smallest absolute Gasteiger partial charge is 0.253 e. The number of carbonyl (C=O) groups excluding carboxylic acids is 1. The van der Waals surface area contributed by atoms with Gasteiger partial charge in [0.1, 0.15) is 0 Å². The fourth-order valence-electron chi connectivity index (χ4n) is 2.17. The molecule has 1 aromatic rings. The number of piperidine rings is 1. The van der Waals surface area contributed by atoms with Crippen molar-refractivity contribution in [3.63, 3.8) is 0 Å². The molecule has 1 atom stereocenters. The van der Waals surface area contributed by atoms with Crippen molar-refractivity contribution in [1.82, 2.24) is 10.2 Å². The van der Waals surface area contributed by atoms with Crippen LogP contribution in [0.4, 0.5) is 0 Å². The molecular weight excluding hydrogens is 271 g/mol. The topological polar surface area (TPSA) is 32.3 Å². The molecule has 1 heterocycles. The fraction of sp³-hybridized carbons (Fsp3) is 0.462. The van der Waals surface area contributed by atoms with Crippen molar-refractivity contribution in [1.29, 1.82) is 0 Å². The number of carbonyl (C=O) groups is 1. The zero-order chi connectivity index (χ0) is 12.3. The van der Waals surface area contributed by atoms with E-state index in [1.165, 1.54) is 0 Å². The van der Waals surface area contributed by atoms with Gasteiger partial charge in [0.2, 0.25) is 0 Å². The van der Waals surface area contributed by atoms with E-state index in [9.17, 15) is 4.79 Å². The average molecular weight is 289 g/mol. The Morgan fingerprint density at radius 1 is 1.39 bits per heavy atom. The molecule has 0 aromatic heterocycles. The minimum Gasteiger partial charge on any atom is -0.337 e. The summed E-state index contributed by atoms with van der Waals surface area (Å²) < 4.78 is 0. The van der Waals surface area contributed by atoms with E-state index in [-0.39, 0.29) is 18.3 Å². The quantitative estimate of drug-likeness (QED) is 0.907. The number of rotatable bonds is 2. The fourth-order valence-corrected chi connectivity index (χ4v) is 2.30. The van der Waals surface area contributed by atoms with Gasteiger partial charge in [-0.25, -0.2) is 0 Å². The molecule has 1 fully saturated rings. The Kier molecular flexibility index (Phi) is 5.93. The molecule has 1 N–H and O–H groups in total. The second-order valence-corrected chi connectivity index (χ2v) is 4.82. The summed E-state index contributed by atoms with van der Waals surface area (Å²) in [7, 11) is 1.95. The number of hydrogen-bond acceptors (Lipinski definition) is 2. The summed E-state index contributed by atoms with van der Waals surface area (Å²) in [5, 5.41) is 3.89. The highest BCUT2D eigenvalue weighted by Gasteiger charge is 2.23. The van der Waals surface area contributed by atoms with E-state index in [4.69, 9.17) is 11.6 Å². The minimum atomic E-state index is 0. The molecule has 5 heteroatoms. The first kappa shape index (κ1) is 15.3. The molecule has 0 bridgehead atoms. The second-order valence-electron chi connectivity index (χ2n) is 4.39. The highest BCUT2D eigenvalue weighted by Crippen LogP contribution is 2.15. The van der Waals surface area contributed by atoms with Gasteiger partial charge in [-0.05, 0) is 44.2 Å². The molecule has 1 unspecified atom stereocenters. The van der Waals surface area contributed by atoms with Gasteiger partial charge in [0.05, 0.1) is 0 Å². The lowest BCUT2D eigenvalue weighted by Crippen LogP contribution is -2.46. The highest BCUT2D eigenvalue weighted by molar-refractivity contribution is 6.30. The molecule has 2 rings (SSSR count). The SMILES string of the molecule is CNC1CCCN(C(=O)c2ccc(Cl)cc2)C1.Cl. The van der Waals surface area contributed by atoms with Crippen LogP contribution >= 0.6 is 24.0 Å². The molecule has 1 aliphatic heterocycles. The molecule has 0 radical (unpaired) electrons. The third kappa shape index (κ3) is 3.61. The summed E-state index contributed by atoms with van der Waals surface area (Å²) in [6, 6.07) is 7.50. The zero-order valence-corrected chi connectivity index (χ0v) is 11.9. The summed E-state index contributed by atoms with van der Waals surface area (Å²) in [4.78, 5) is 14.1. The highest BCUT2D eigenvalue weighted by atomic mass is 35.5. The molecular formula is C13H18Cl2N2O. The van der Waals surface area contributed by atoms with Crippen molar-refractivity contribution in [2.45, 2.75) is 18.9 Å². The number of nitrogens with one attached hydrogen (secondary N) is 1. The number of likely N-dealkylation sites (N-methyl/N-ethyl adjacent to an activating group) is 1. The average Bonchev–Trinajstić information content (AvgIpc) is 2.39. The zero-order valence-electron chi connectivity index (χ0n) is 10.4. The first-order chi connectivity index (χ1) is 8.20. The van der Waals surface area contributed by atoms with Crippen molar-refractivity contribution < 1.29 is 4.79 Å². The Hall–Kier alpha value is -0.770. The van der Waals surface area contributed by atoms with Crippen LogP contribution in [-0.2, 0) is 0 Å². The molecule has 100 valence electrons. The van der Waals surface area contributed by atoms with E-state index >= 15 is 0 Å². The van der Waals surface area contributed by atoms with E-state index in [0.29, 0.717) is 16.6 Å². The summed E-state index contributed by atoms with van der Waals surface area (Å²) in [5.74, 6) is 0.0987. The van der Waals surface area contributed by atoms with Crippen LogP contribution in [0.15, 0.2) is 24.3 Å². The van der Waals surface area contributed by atoms with Crippen molar-refractivity contribution in [2.24, 2.45) is 0 Å². The standard InChI is InChI=1S/C13H17ClN2O.ClH/c1-15-12-3-2-8-16(9-12)13(17)10-4-6-11(14)7-5-10;/h4-7,12,15H,2-3,8-9H2,1H3;1H. The van der Waals surface area contributed by atoms with Gasteiger partial charge in [0.25, 0.3) is 5.91 Å². The largest absolute Gasteiger partial charge is 0.337 e. The van der Waals surface area contributed by atoms with Crippen LogP contribution in [0.2, 0.25) is 5.02 Å². The third-order valence-electron chi connectivity index (χ3n) is 3.21. The van der Waals surface area contributed by atoms with Crippen molar-refractivity contribution in [3.8, 4) is 0 Å². The summed E-state index contributed by atoms with van der Waals surface area (Å²) >= 11 is 5.81. The van der Waals surface area contributed by atoms with Gasteiger partial charge in [-0.3, -0.25) is 4.79 Å². The molecule has 0 spiro atoms. The molecule has 0 saturated carbocycles. The lowest BCUT2D eigenvalue weighted by molar-refractivity contribution is 0.0698. The van der Waals surface area contributed by atoms with Gasteiger partial charge in [0.15, 0.2) is 0 Å². The number of halogens is 2. The number of amides is 1. The van der Waals surface area contributed by atoms with Crippen LogP contribution < -0.4 is 5.32 Å². The normalized spacial score (nSPS) is 19.2. The molecule has 1 aromatic carbocycles. The maximum atomic E-state index is 12.2. The molecule has 1 saturated heterocycles. The van der Waals surface area contributed by atoms with Crippen molar-refractivity contribution in [3.05, 3.63) is 34.9 Å². The maximum Gasteiger partial charge on any atom is 0.253 e. The van der Waals surface area contributed by atoms with Gasteiger partial charge in [-0.1, -0.05) is 11.6 Å². The predicted octanol–water partition coefficient (Wildman–Crippen LogP) is 2.59. The maximum absolute atomic E-state index is 12.2.